The SMILES string of the molecule is CCCOC(C)C(=O)Nc1ccc(CC)cc1[N+](=O)[O-]. The molecule has 0 saturated carbocycles. The number of amides is 1. The van der Waals surface area contributed by atoms with Gasteiger partial charge in [-0.2, -0.15) is 0 Å². The number of aryl methyl sites for hydroxylation is 1. The van der Waals surface area contributed by atoms with Gasteiger partial charge in [0, 0.05) is 12.7 Å². The Labute approximate surface area is 118 Å². The van der Waals surface area contributed by atoms with Gasteiger partial charge < -0.3 is 10.1 Å². The molecule has 0 aliphatic heterocycles. The molecule has 0 fully saturated rings. The molecule has 1 unspecified atom stereocenters. The molecule has 20 heavy (non-hydrogen) atoms. The van der Waals surface area contributed by atoms with Gasteiger partial charge in [0.15, 0.2) is 0 Å². The number of ether oxygens (including phenoxy) is 1. The summed E-state index contributed by atoms with van der Waals surface area (Å²) in [7, 11) is 0. The normalized spacial score (nSPS) is 11.9. The smallest absolute Gasteiger partial charge is 0.293 e. The van der Waals surface area contributed by atoms with Crippen molar-refractivity contribution in [2.24, 2.45) is 0 Å². The molecule has 1 aromatic rings. The summed E-state index contributed by atoms with van der Waals surface area (Å²) in [6.07, 6.45) is 0.869. The van der Waals surface area contributed by atoms with E-state index in [9.17, 15) is 14.9 Å². The third-order valence-corrected chi connectivity index (χ3v) is 2.87. The highest BCUT2D eigenvalue weighted by Crippen LogP contribution is 2.26. The van der Waals surface area contributed by atoms with E-state index in [4.69, 9.17) is 4.74 Å². The molecule has 0 spiro atoms. The Morgan fingerprint density at radius 1 is 1.45 bits per heavy atom. The van der Waals surface area contributed by atoms with Crippen LogP contribution in [0.2, 0.25) is 0 Å². The molecular weight excluding hydrogens is 260 g/mol. The van der Waals surface area contributed by atoms with Gasteiger partial charge in [-0.1, -0.05) is 19.9 Å². The van der Waals surface area contributed by atoms with E-state index < -0.39 is 11.0 Å². The highest BCUT2D eigenvalue weighted by Gasteiger charge is 2.19. The van der Waals surface area contributed by atoms with Crippen LogP contribution < -0.4 is 5.32 Å². The number of carbonyl (C=O) groups is 1. The topological polar surface area (TPSA) is 81.5 Å². The maximum Gasteiger partial charge on any atom is 0.293 e. The molecule has 0 heterocycles. The van der Waals surface area contributed by atoms with Crippen molar-refractivity contribution in [2.75, 3.05) is 11.9 Å². The van der Waals surface area contributed by atoms with Crippen LogP contribution in [0.15, 0.2) is 18.2 Å². The van der Waals surface area contributed by atoms with Crippen LogP contribution in [0.4, 0.5) is 11.4 Å². The van der Waals surface area contributed by atoms with E-state index in [-0.39, 0.29) is 17.3 Å². The summed E-state index contributed by atoms with van der Waals surface area (Å²) in [6.45, 7) is 5.96. The molecule has 1 rings (SSSR count). The molecule has 1 N–H and O–H groups in total. The molecule has 0 aliphatic rings. The zero-order valence-electron chi connectivity index (χ0n) is 12.0. The van der Waals surface area contributed by atoms with Gasteiger partial charge in [-0.3, -0.25) is 14.9 Å². The van der Waals surface area contributed by atoms with E-state index in [1.54, 1.807) is 19.1 Å². The fourth-order valence-corrected chi connectivity index (χ4v) is 1.66. The summed E-state index contributed by atoms with van der Waals surface area (Å²) >= 11 is 0. The van der Waals surface area contributed by atoms with E-state index in [1.807, 2.05) is 13.8 Å². The monoisotopic (exact) mass is 280 g/mol. The summed E-state index contributed by atoms with van der Waals surface area (Å²) in [5, 5.41) is 13.6. The zero-order valence-corrected chi connectivity index (χ0v) is 12.0. The molecule has 6 nitrogen and oxygen atoms in total. The average Bonchev–Trinajstić information content (AvgIpc) is 2.44. The van der Waals surface area contributed by atoms with Crippen molar-refractivity contribution in [2.45, 2.75) is 39.7 Å². The molecule has 1 amide bonds. The number of benzene rings is 1. The van der Waals surface area contributed by atoms with Gasteiger partial charge in [0.2, 0.25) is 0 Å². The van der Waals surface area contributed by atoms with Crippen molar-refractivity contribution in [3.63, 3.8) is 0 Å². The van der Waals surface area contributed by atoms with Crippen molar-refractivity contribution < 1.29 is 14.5 Å². The standard InChI is InChI=1S/C14H20N2O4/c1-4-8-20-10(3)14(17)15-12-7-6-11(5-2)9-13(12)16(18)19/h6-7,9-10H,4-5,8H2,1-3H3,(H,15,17). The number of nitrogens with one attached hydrogen (secondary N) is 1. The molecule has 0 aliphatic carbocycles. The third kappa shape index (κ3) is 4.31. The van der Waals surface area contributed by atoms with Gasteiger partial charge in [-0.05, 0) is 31.4 Å². The van der Waals surface area contributed by atoms with Crippen LogP contribution in [-0.2, 0) is 16.0 Å². The minimum atomic E-state index is -0.639. The minimum absolute atomic E-state index is 0.0969. The van der Waals surface area contributed by atoms with Crippen molar-refractivity contribution in [1.82, 2.24) is 0 Å². The predicted molar refractivity (Wildman–Crippen MR) is 76.8 cm³/mol. The molecule has 1 atom stereocenters. The van der Waals surface area contributed by atoms with Crippen LogP contribution in [0.3, 0.4) is 0 Å². The highest BCUT2D eigenvalue weighted by molar-refractivity contribution is 5.95. The summed E-state index contributed by atoms with van der Waals surface area (Å²) in [5.41, 5.74) is 0.953. The van der Waals surface area contributed by atoms with Crippen LogP contribution in [-0.4, -0.2) is 23.5 Å². The van der Waals surface area contributed by atoms with Crippen LogP contribution in [0.25, 0.3) is 0 Å². The van der Waals surface area contributed by atoms with Gasteiger partial charge in [-0.15, -0.1) is 0 Å². The zero-order chi connectivity index (χ0) is 15.1. The van der Waals surface area contributed by atoms with E-state index in [0.717, 1.165) is 12.0 Å². The summed E-state index contributed by atoms with van der Waals surface area (Å²) in [5.74, 6) is -0.384. The Bertz CT molecular complexity index is 488. The molecule has 0 radical (unpaired) electrons. The van der Waals surface area contributed by atoms with E-state index in [1.165, 1.54) is 6.07 Å². The number of nitrogens with zero attached hydrogens (tertiary/aromatic N) is 1. The van der Waals surface area contributed by atoms with Crippen molar-refractivity contribution in [3.05, 3.63) is 33.9 Å². The van der Waals surface area contributed by atoms with Crippen molar-refractivity contribution >= 4 is 17.3 Å². The molecule has 110 valence electrons. The summed E-state index contributed by atoms with van der Waals surface area (Å²) < 4.78 is 5.29. The fraction of sp³-hybridized carbons (Fsp3) is 0.500. The molecule has 6 heteroatoms. The first kappa shape index (κ1) is 16.1. The Hall–Kier alpha value is -1.95. The largest absolute Gasteiger partial charge is 0.369 e. The van der Waals surface area contributed by atoms with Crippen molar-refractivity contribution in [3.8, 4) is 0 Å². The Balaban J connectivity index is 2.86. The van der Waals surface area contributed by atoms with Crippen LogP contribution in [0, 0.1) is 10.1 Å². The van der Waals surface area contributed by atoms with Gasteiger partial charge in [-0.25, -0.2) is 0 Å². The third-order valence-electron chi connectivity index (χ3n) is 2.87. The molecule has 1 aromatic carbocycles. The summed E-state index contributed by atoms with van der Waals surface area (Å²) in [4.78, 5) is 22.4. The van der Waals surface area contributed by atoms with Gasteiger partial charge in [0.1, 0.15) is 11.8 Å². The van der Waals surface area contributed by atoms with E-state index in [2.05, 4.69) is 5.32 Å². The second-order valence-electron chi connectivity index (χ2n) is 4.46. The maximum atomic E-state index is 11.9. The molecule has 0 saturated heterocycles. The number of nitro groups is 1. The lowest BCUT2D eigenvalue weighted by molar-refractivity contribution is -0.384. The number of rotatable bonds is 7. The average molecular weight is 280 g/mol. The second-order valence-corrected chi connectivity index (χ2v) is 4.46. The lowest BCUT2D eigenvalue weighted by Crippen LogP contribution is -2.28. The van der Waals surface area contributed by atoms with Gasteiger partial charge >= 0.3 is 0 Å². The maximum absolute atomic E-state index is 11.9. The first-order valence-corrected chi connectivity index (χ1v) is 6.69. The quantitative estimate of drug-likeness (QED) is 0.615. The Morgan fingerprint density at radius 2 is 2.15 bits per heavy atom. The van der Waals surface area contributed by atoms with Crippen LogP contribution in [0.5, 0.6) is 0 Å². The van der Waals surface area contributed by atoms with E-state index in [0.29, 0.717) is 13.0 Å². The molecular formula is C14H20N2O4. The second kappa shape index (κ2) is 7.59. The number of hydrogen-bond acceptors (Lipinski definition) is 4. The van der Waals surface area contributed by atoms with Crippen LogP contribution >= 0.6 is 0 Å². The van der Waals surface area contributed by atoms with E-state index >= 15 is 0 Å². The Kier molecular flexibility index (Phi) is 6.11. The number of nitro benzene ring substituents is 1. The Morgan fingerprint density at radius 3 is 2.70 bits per heavy atom. The van der Waals surface area contributed by atoms with Crippen molar-refractivity contribution in [1.29, 1.82) is 0 Å². The minimum Gasteiger partial charge on any atom is -0.369 e. The lowest BCUT2D eigenvalue weighted by Gasteiger charge is -2.13. The van der Waals surface area contributed by atoms with Crippen LogP contribution in [0.1, 0.15) is 32.8 Å². The highest BCUT2D eigenvalue weighted by atomic mass is 16.6. The number of anilines is 1. The summed E-state index contributed by atoms with van der Waals surface area (Å²) in [6, 6.07) is 4.80. The first-order chi connectivity index (χ1) is 9.49. The fourth-order valence-electron chi connectivity index (χ4n) is 1.66. The predicted octanol–water partition coefficient (Wildman–Crippen LogP) is 2.91. The first-order valence-electron chi connectivity index (χ1n) is 6.69. The lowest BCUT2D eigenvalue weighted by atomic mass is 10.1. The number of hydrogen-bond donors (Lipinski definition) is 1. The molecule has 0 aromatic heterocycles. The van der Waals surface area contributed by atoms with Gasteiger partial charge in [0.05, 0.1) is 4.92 Å². The number of carbonyl (C=O) groups excluding carboxylic acids is 1. The van der Waals surface area contributed by atoms with Gasteiger partial charge in [0.25, 0.3) is 11.6 Å². The molecule has 0 bridgehead atoms.